The van der Waals surface area contributed by atoms with E-state index in [9.17, 15) is 19.5 Å². The van der Waals surface area contributed by atoms with Gasteiger partial charge in [-0.15, -0.1) is 0 Å². The van der Waals surface area contributed by atoms with Crippen LogP contribution in [0.1, 0.15) is 50.7 Å². The van der Waals surface area contributed by atoms with Crippen LogP contribution in [0.15, 0.2) is 76.0 Å². The Morgan fingerprint density at radius 2 is 1.50 bits per heavy atom. The fourth-order valence-electron chi connectivity index (χ4n) is 3.95. The molecule has 0 aliphatic rings. The number of esters is 2. The Morgan fingerprint density at radius 1 is 0.868 bits per heavy atom. The van der Waals surface area contributed by atoms with E-state index >= 15 is 0 Å². The molecule has 1 aromatic heterocycles. The summed E-state index contributed by atoms with van der Waals surface area (Å²) in [6.07, 6.45) is 4.56. The van der Waals surface area contributed by atoms with Crippen LogP contribution in [0.2, 0.25) is 0 Å². The van der Waals surface area contributed by atoms with Gasteiger partial charge in [-0.2, -0.15) is 0 Å². The summed E-state index contributed by atoms with van der Waals surface area (Å²) in [5.74, 6) is -0.544. The van der Waals surface area contributed by atoms with Crippen molar-refractivity contribution in [3.8, 4) is 16.9 Å². The number of hydrogen-bond donors (Lipinski definition) is 1. The Kier molecular flexibility index (Phi) is 10.2. The first-order chi connectivity index (χ1) is 18.2. The summed E-state index contributed by atoms with van der Waals surface area (Å²) in [6, 6.07) is 12.4. The van der Waals surface area contributed by atoms with E-state index in [1.165, 1.54) is 0 Å². The number of fused-ring (bicyclic) bond motifs is 1. The summed E-state index contributed by atoms with van der Waals surface area (Å²) in [7, 11) is 0. The third kappa shape index (κ3) is 7.76. The topological polar surface area (TPSA) is 103 Å². The fourth-order valence-corrected chi connectivity index (χ4v) is 3.95. The van der Waals surface area contributed by atoms with Crippen LogP contribution < -0.4 is 10.4 Å². The number of aliphatic hydroxyl groups is 1. The van der Waals surface area contributed by atoms with Gasteiger partial charge < -0.3 is 19.0 Å². The van der Waals surface area contributed by atoms with Gasteiger partial charge in [-0.1, -0.05) is 25.3 Å². The van der Waals surface area contributed by atoms with E-state index < -0.39 is 11.6 Å². The summed E-state index contributed by atoms with van der Waals surface area (Å²) in [5.41, 5.74) is 3.96. The van der Waals surface area contributed by atoms with E-state index in [1.807, 2.05) is 18.2 Å². The van der Waals surface area contributed by atoms with Crippen molar-refractivity contribution >= 4 is 22.9 Å². The average molecular weight is 519 g/mol. The van der Waals surface area contributed by atoms with Gasteiger partial charge in [0, 0.05) is 23.1 Å². The lowest BCUT2D eigenvalue weighted by molar-refractivity contribution is -0.139. The fraction of sp³-hybridized carbons (Fsp3) is 0.323. The molecule has 0 saturated heterocycles. The molecular weight excluding hydrogens is 484 g/mol. The van der Waals surface area contributed by atoms with Crippen molar-refractivity contribution in [3.05, 3.63) is 88.3 Å². The molecule has 38 heavy (non-hydrogen) atoms. The highest BCUT2D eigenvalue weighted by Gasteiger charge is 2.13. The van der Waals surface area contributed by atoms with Crippen molar-refractivity contribution in [2.45, 2.75) is 52.4 Å². The summed E-state index contributed by atoms with van der Waals surface area (Å²) < 4.78 is 16.1. The van der Waals surface area contributed by atoms with Crippen LogP contribution in [0.5, 0.6) is 5.75 Å². The number of ether oxygens (including phenoxy) is 2. The van der Waals surface area contributed by atoms with E-state index in [2.05, 4.69) is 13.2 Å². The molecule has 7 heteroatoms. The normalized spacial score (nSPS) is 10.8. The number of carbonyl (C=O) groups is 2. The third-order valence-electron chi connectivity index (χ3n) is 6.06. The maximum Gasteiger partial charge on any atom is 0.344 e. The molecule has 7 nitrogen and oxygen atoms in total. The number of rotatable bonds is 13. The molecule has 200 valence electrons. The Labute approximate surface area is 222 Å². The van der Waals surface area contributed by atoms with Gasteiger partial charge in [-0.05, 0) is 99.4 Å². The van der Waals surface area contributed by atoms with Gasteiger partial charge in [0.15, 0.2) is 0 Å². The number of aryl methyl sites for hydroxylation is 2. The largest absolute Gasteiger partial charge is 0.462 e. The molecular formula is C31H34O7. The molecule has 0 aliphatic carbocycles. The molecule has 0 amide bonds. The van der Waals surface area contributed by atoms with Crippen molar-refractivity contribution in [2.24, 2.45) is 0 Å². The molecule has 0 aliphatic heterocycles. The Bertz CT molecular complexity index is 1380. The SMILES string of the molecule is C=C(C)C(=O)OCCCCc1cc2oc(=O)c(-c3ccc(OC(=O)C(=C)C)cc3)cc2cc1CCCCO. The number of aliphatic hydroxyl groups excluding tert-OH is 1. The lowest BCUT2D eigenvalue weighted by Crippen LogP contribution is -2.08. The molecule has 3 rings (SSSR count). The predicted molar refractivity (Wildman–Crippen MR) is 147 cm³/mol. The smallest absolute Gasteiger partial charge is 0.344 e. The minimum absolute atomic E-state index is 0.133. The van der Waals surface area contributed by atoms with E-state index in [1.54, 1.807) is 38.1 Å². The van der Waals surface area contributed by atoms with E-state index in [0.717, 1.165) is 42.2 Å². The third-order valence-corrected chi connectivity index (χ3v) is 6.06. The van der Waals surface area contributed by atoms with Crippen molar-refractivity contribution < 1.29 is 28.6 Å². The number of hydrogen-bond acceptors (Lipinski definition) is 7. The monoisotopic (exact) mass is 518 g/mol. The van der Waals surface area contributed by atoms with Crippen molar-refractivity contribution in [2.75, 3.05) is 13.2 Å². The minimum atomic E-state index is -0.514. The van der Waals surface area contributed by atoms with Gasteiger partial charge in [0.05, 0.1) is 12.2 Å². The van der Waals surface area contributed by atoms with Crippen LogP contribution in [0.3, 0.4) is 0 Å². The zero-order chi connectivity index (χ0) is 27.7. The van der Waals surface area contributed by atoms with Gasteiger partial charge in [0.2, 0.25) is 0 Å². The van der Waals surface area contributed by atoms with E-state index in [0.29, 0.717) is 53.1 Å². The maximum atomic E-state index is 12.9. The van der Waals surface area contributed by atoms with Crippen molar-refractivity contribution in [3.63, 3.8) is 0 Å². The minimum Gasteiger partial charge on any atom is -0.462 e. The van der Waals surface area contributed by atoms with Gasteiger partial charge in [-0.25, -0.2) is 14.4 Å². The van der Waals surface area contributed by atoms with Crippen molar-refractivity contribution in [1.29, 1.82) is 0 Å². The predicted octanol–water partition coefficient (Wildman–Crippen LogP) is 5.70. The van der Waals surface area contributed by atoms with E-state index in [-0.39, 0.29) is 12.6 Å². The summed E-state index contributed by atoms with van der Waals surface area (Å²) in [5, 5.41) is 10.0. The van der Waals surface area contributed by atoms with Gasteiger partial charge >= 0.3 is 17.6 Å². The number of benzene rings is 2. The summed E-state index contributed by atoms with van der Waals surface area (Å²) >= 11 is 0. The molecule has 1 heterocycles. The van der Waals surface area contributed by atoms with Crippen molar-refractivity contribution in [1.82, 2.24) is 0 Å². The lowest BCUT2D eigenvalue weighted by atomic mass is 9.95. The Morgan fingerprint density at radius 3 is 2.13 bits per heavy atom. The van der Waals surface area contributed by atoms with Crippen LogP contribution in [0, 0.1) is 0 Å². The second kappa shape index (κ2) is 13.5. The molecule has 0 spiro atoms. The number of unbranched alkanes of at least 4 members (excludes halogenated alkanes) is 2. The van der Waals surface area contributed by atoms with Gasteiger partial charge in [-0.3, -0.25) is 0 Å². The summed E-state index contributed by atoms with van der Waals surface area (Å²) in [6.45, 7) is 10.8. The Balaban J connectivity index is 1.83. The van der Waals surface area contributed by atoms with Crippen LogP contribution in [-0.4, -0.2) is 30.3 Å². The van der Waals surface area contributed by atoms with Crippen LogP contribution in [0.25, 0.3) is 22.1 Å². The molecule has 0 bridgehead atoms. The van der Waals surface area contributed by atoms with Gasteiger partial charge in [0.25, 0.3) is 0 Å². The van der Waals surface area contributed by atoms with E-state index in [4.69, 9.17) is 13.9 Å². The molecule has 0 fully saturated rings. The van der Waals surface area contributed by atoms with Crippen LogP contribution in [-0.2, 0) is 27.2 Å². The molecule has 0 unspecified atom stereocenters. The zero-order valence-corrected chi connectivity index (χ0v) is 22.0. The zero-order valence-electron chi connectivity index (χ0n) is 22.0. The van der Waals surface area contributed by atoms with Gasteiger partial charge in [0.1, 0.15) is 11.3 Å². The molecule has 1 N–H and O–H groups in total. The Hall–Kier alpha value is -3.97. The summed E-state index contributed by atoms with van der Waals surface area (Å²) in [4.78, 5) is 36.2. The molecule has 2 aromatic carbocycles. The highest BCUT2D eigenvalue weighted by atomic mass is 16.5. The number of carbonyl (C=O) groups excluding carboxylic acids is 2. The lowest BCUT2D eigenvalue weighted by Gasteiger charge is -2.12. The van der Waals surface area contributed by atoms with Crippen LogP contribution in [0.4, 0.5) is 0 Å². The highest BCUT2D eigenvalue weighted by Crippen LogP contribution is 2.27. The molecule has 0 radical (unpaired) electrons. The second-order valence-electron chi connectivity index (χ2n) is 9.35. The average Bonchev–Trinajstić information content (AvgIpc) is 2.88. The molecule has 0 atom stereocenters. The second-order valence-corrected chi connectivity index (χ2v) is 9.35. The standard InChI is InChI=1S/C31H34O7/c1-20(2)29(33)36-16-8-6-10-24-19-28-25(17-23(24)9-5-7-15-32)18-27(31(35)38-28)22-11-13-26(14-12-22)37-30(34)21(3)4/h11-14,17-19,32H,1,3,5-10,15-16H2,2,4H3. The first-order valence-electron chi connectivity index (χ1n) is 12.7. The quantitative estimate of drug-likeness (QED) is 0.102. The first kappa shape index (κ1) is 28.6. The first-order valence-corrected chi connectivity index (χ1v) is 12.7. The molecule has 0 saturated carbocycles. The maximum absolute atomic E-state index is 12.9. The van der Waals surface area contributed by atoms with Crippen LogP contribution >= 0.6 is 0 Å². The highest BCUT2D eigenvalue weighted by molar-refractivity contribution is 5.89. The molecule has 3 aromatic rings.